The maximum absolute atomic E-state index is 12.3. The molecule has 1 atom stereocenters. The number of anilines is 1. The largest absolute Gasteiger partial charge is 0.444 e. The molecule has 1 saturated heterocycles. The van der Waals surface area contributed by atoms with Crippen LogP contribution >= 0.6 is 11.6 Å². The second kappa shape index (κ2) is 8.30. The van der Waals surface area contributed by atoms with Gasteiger partial charge in [0, 0.05) is 32.6 Å². The molecule has 28 heavy (non-hydrogen) atoms. The maximum atomic E-state index is 12.3. The van der Waals surface area contributed by atoms with E-state index in [9.17, 15) is 4.79 Å². The fourth-order valence-electron chi connectivity index (χ4n) is 3.03. The summed E-state index contributed by atoms with van der Waals surface area (Å²) in [5.41, 5.74) is 0.613. The molecule has 1 fully saturated rings. The molecule has 2 aromatic rings. The second-order valence-electron chi connectivity index (χ2n) is 7.87. The van der Waals surface area contributed by atoms with Gasteiger partial charge in [-0.2, -0.15) is 0 Å². The Balaban J connectivity index is 1.65. The molecule has 3 rings (SSSR count). The lowest BCUT2D eigenvalue weighted by molar-refractivity contribution is 0.0172. The van der Waals surface area contributed by atoms with Crippen molar-refractivity contribution in [2.24, 2.45) is 5.92 Å². The molecule has 2 aromatic heterocycles. The van der Waals surface area contributed by atoms with Gasteiger partial charge in [-0.3, -0.25) is 0 Å². The number of carbonyl (C=O) groups excluding carboxylic acids is 1. The summed E-state index contributed by atoms with van der Waals surface area (Å²) in [5, 5.41) is 19.4. The van der Waals surface area contributed by atoms with Gasteiger partial charge in [-0.05, 0) is 39.5 Å². The first-order valence-corrected chi connectivity index (χ1v) is 9.64. The summed E-state index contributed by atoms with van der Waals surface area (Å²) in [4.78, 5) is 14.1. The highest BCUT2D eigenvalue weighted by Gasteiger charge is 2.28. The van der Waals surface area contributed by atoms with Crippen LogP contribution in [-0.4, -0.2) is 56.6 Å². The van der Waals surface area contributed by atoms with Crippen LogP contribution in [0.2, 0.25) is 5.15 Å². The minimum Gasteiger partial charge on any atom is -0.444 e. The number of rotatable bonds is 4. The minimum absolute atomic E-state index is 0.265. The van der Waals surface area contributed by atoms with Crippen molar-refractivity contribution in [3.05, 3.63) is 17.1 Å². The van der Waals surface area contributed by atoms with Crippen molar-refractivity contribution in [1.82, 2.24) is 25.3 Å². The number of carbonyl (C=O) groups is 1. The molecule has 1 unspecified atom stereocenters. The van der Waals surface area contributed by atoms with Gasteiger partial charge in [0.05, 0.1) is 5.69 Å². The van der Waals surface area contributed by atoms with Crippen LogP contribution in [0.15, 0.2) is 10.5 Å². The zero-order valence-corrected chi connectivity index (χ0v) is 17.3. The Morgan fingerprint density at radius 2 is 2.14 bits per heavy atom. The van der Waals surface area contributed by atoms with E-state index >= 15 is 0 Å². The van der Waals surface area contributed by atoms with E-state index in [2.05, 4.69) is 25.7 Å². The summed E-state index contributed by atoms with van der Waals surface area (Å²) in [5.74, 6) is 0.992. The zero-order valence-electron chi connectivity index (χ0n) is 16.5. The Morgan fingerprint density at radius 1 is 1.36 bits per heavy atom. The SMILES string of the molecule is Cc1nnc(-c2nnc(Cl)cc2NCC2CCCN(C(=O)OC(C)(C)C)C2)o1. The van der Waals surface area contributed by atoms with Crippen molar-refractivity contribution in [2.75, 3.05) is 25.0 Å². The van der Waals surface area contributed by atoms with Crippen molar-refractivity contribution in [1.29, 1.82) is 0 Å². The summed E-state index contributed by atoms with van der Waals surface area (Å²) < 4.78 is 10.9. The van der Waals surface area contributed by atoms with Crippen molar-refractivity contribution < 1.29 is 13.9 Å². The van der Waals surface area contributed by atoms with Crippen molar-refractivity contribution in [3.63, 3.8) is 0 Å². The molecule has 0 saturated carbocycles. The highest BCUT2D eigenvalue weighted by Crippen LogP contribution is 2.27. The van der Waals surface area contributed by atoms with Crippen LogP contribution in [0.5, 0.6) is 0 Å². The van der Waals surface area contributed by atoms with Gasteiger partial charge in [0.1, 0.15) is 5.60 Å². The smallest absolute Gasteiger partial charge is 0.410 e. The average molecular weight is 409 g/mol. The van der Waals surface area contributed by atoms with Crippen LogP contribution in [0.4, 0.5) is 10.5 Å². The number of piperidine rings is 1. The Bertz CT molecular complexity index is 835. The Kier molecular flexibility index (Phi) is 6.02. The third kappa shape index (κ3) is 5.31. The number of nitrogens with one attached hydrogen (secondary N) is 1. The van der Waals surface area contributed by atoms with Crippen LogP contribution in [0.25, 0.3) is 11.6 Å². The monoisotopic (exact) mass is 408 g/mol. The molecule has 3 heterocycles. The van der Waals surface area contributed by atoms with E-state index in [0.717, 1.165) is 12.8 Å². The zero-order chi connectivity index (χ0) is 20.3. The molecule has 9 nitrogen and oxygen atoms in total. The number of aryl methyl sites for hydroxylation is 1. The predicted octanol–water partition coefficient (Wildman–Crippen LogP) is 3.55. The number of likely N-dealkylation sites (tertiary alicyclic amines) is 1. The van der Waals surface area contributed by atoms with Crippen molar-refractivity contribution >= 4 is 23.4 Å². The number of nitrogens with zero attached hydrogens (tertiary/aromatic N) is 5. The fraction of sp³-hybridized carbons (Fsp3) is 0.611. The summed E-state index contributed by atoms with van der Waals surface area (Å²) >= 11 is 6.01. The molecule has 1 aliphatic heterocycles. The van der Waals surface area contributed by atoms with E-state index in [1.165, 1.54) is 0 Å². The lowest BCUT2D eigenvalue weighted by Crippen LogP contribution is -2.44. The quantitative estimate of drug-likeness (QED) is 0.818. The molecule has 0 bridgehead atoms. The van der Waals surface area contributed by atoms with Crippen LogP contribution in [0, 0.1) is 12.8 Å². The molecule has 0 aromatic carbocycles. The first-order chi connectivity index (χ1) is 13.2. The van der Waals surface area contributed by atoms with Gasteiger partial charge in [0.2, 0.25) is 5.89 Å². The molecule has 1 N–H and O–H groups in total. The van der Waals surface area contributed by atoms with Crippen LogP contribution in [-0.2, 0) is 4.74 Å². The highest BCUT2D eigenvalue weighted by molar-refractivity contribution is 6.29. The third-order valence-electron chi connectivity index (χ3n) is 4.24. The molecule has 0 radical (unpaired) electrons. The Hall–Kier alpha value is -2.42. The molecule has 1 aliphatic rings. The predicted molar refractivity (Wildman–Crippen MR) is 104 cm³/mol. The van der Waals surface area contributed by atoms with E-state index in [4.69, 9.17) is 20.8 Å². The van der Waals surface area contributed by atoms with Crippen molar-refractivity contribution in [2.45, 2.75) is 46.1 Å². The first-order valence-electron chi connectivity index (χ1n) is 9.27. The molecule has 0 aliphatic carbocycles. The highest BCUT2D eigenvalue weighted by atomic mass is 35.5. The van der Waals surface area contributed by atoms with Gasteiger partial charge in [0.25, 0.3) is 5.89 Å². The van der Waals surface area contributed by atoms with Crippen LogP contribution in [0.3, 0.4) is 0 Å². The van der Waals surface area contributed by atoms with Crippen molar-refractivity contribution in [3.8, 4) is 11.6 Å². The fourth-order valence-corrected chi connectivity index (χ4v) is 3.18. The number of amides is 1. The molecule has 0 spiro atoms. The molecule has 152 valence electrons. The van der Waals surface area contributed by atoms with Gasteiger partial charge in [-0.15, -0.1) is 20.4 Å². The molecule has 1 amide bonds. The molecular formula is C18H25ClN6O3. The second-order valence-corrected chi connectivity index (χ2v) is 8.26. The minimum atomic E-state index is -0.501. The van der Waals surface area contributed by atoms with Gasteiger partial charge < -0.3 is 19.4 Å². The van der Waals surface area contributed by atoms with E-state index in [-0.39, 0.29) is 23.1 Å². The van der Waals surface area contributed by atoms with Gasteiger partial charge in [0.15, 0.2) is 10.8 Å². The summed E-state index contributed by atoms with van der Waals surface area (Å²) in [6.45, 7) is 9.30. The van der Waals surface area contributed by atoms with E-state index in [1.807, 2.05) is 20.8 Å². The summed E-state index contributed by atoms with van der Waals surface area (Å²) in [6.07, 6.45) is 1.66. The molecular weight excluding hydrogens is 384 g/mol. The van der Waals surface area contributed by atoms with Crippen LogP contribution in [0.1, 0.15) is 39.5 Å². The Morgan fingerprint density at radius 3 is 2.82 bits per heavy atom. The number of halogens is 1. The van der Waals surface area contributed by atoms with Gasteiger partial charge >= 0.3 is 6.09 Å². The van der Waals surface area contributed by atoms with Gasteiger partial charge in [-0.1, -0.05) is 11.6 Å². The van der Waals surface area contributed by atoms with E-state index in [1.54, 1.807) is 17.9 Å². The third-order valence-corrected chi connectivity index (χ3v) is 4.43. The summed E-state index contributed by atoms with van der Waals surface area (Å²) in [6, 6.07) is 1.68. The summed E-state index contributed by atoms with van der Waals surface area (Å²) in [7, 11) is 0. The molecule has 10 heteroatoms. The standard InChI is InChI=1S/C18H25ClN6O3/c1-11-21-24-16(27-11)15-13(8-14(19)22-23-15)20-9-12-6-5-7-25(10-12)17(26)28-18(2,3)4/h8,12H,5-7,9-10H2,1-4H3,(H,20,22). The number of hydrogen-bond donors (Lipinski definition) is 1. The van der Waals surface area contributed by atoms with E-state index < -0.39 is 5.60 Å². The Labute approximate surface area is 168 Å². The van der Waals surface area contributed by atoms with Gasteiger partial charge in [-0.25, -0.2) is 4.79 Å². The van der Waals surface area contributed by atoms with E-state index in [0.29, 0.717) is 36.9 Å². The number of ether oxygens (including phenoxy) is 1. The maximum Gasteiger partial charge on any atom is 0.410 e. The number of aromatic nitrogens is 4. The normalized spacial score (nSPS) is 17.5. The van der Waals surface area contributed by atoms with Crippen LogP contribution < -0.4 is 5.32 Å². The lowest BCUT2D eigenvalue weighted by Gasteiger charge is -2.34. The first kappa shape index (κ1) is 20.3. The topological polar surface area (TPSA) is 106 Å². The number of hydrogen-bond acceptors (Lipinski definition) is 8. The average Bonchev–Trinajstić information content (AvgIpc) is 3.05. The lowest BCUT2D eigenvalue weighted by atomic mass is 9.98.